The Morgan fingerprint density at radius 1 is 0.508 bits per heavy atom. The van der Waals surface area contributed by atoms with E-state index < -0.39 is 0 Å². The molecule has 3 aliphatic rings. The lowest BCUT2D eigenvalue weighted by atomic mass is 9.91. The van der Waals surface area contributed by atoms with Crippen LogP contribution in [-0.4, -0.2) is 31.8 Å². The first-order valence-electron chi connectivity index (χ1n) is 19.5. The largest absolute Gasteiger partial charge is 0.457 e. The molecule has 0 bridgehead atoms. The zero-order chi connectivity index (χ0) is 39.2. The summed E-state index contributed by atoms with van der Waals surface area (Å²) in [7, 11) is 0. The van der Waals surface area contributed by atoms with Gasteiger partial charge in [-0.15, -0.1) is 0 Å². The van der Waals surface area contributed by atoms with E-state index in [1.165, 1.54) is 16.7 Å². The number of rotatable bonds is 6. The molecule has 2 aromatic heterocycles. The number of nitrogens with one attached hydrogen (secondary N) is 2. The maximum Gasteiger partial charge on any atom is 0.255 e. The number of aryl methyl sites for hydroxylation is 1. The van der Waals surface area contributed by atoms with Gasteiger partial charge >= 0.3 is 0 Å². The number of nitrogens with zero attached hydrogens (tertiary/aromatic N) is 4. The number of hydrogen-bond acceptors (Lipinski definition) is 7. The second-order valence-electron chi connectivity index (χ2n) is 15.0. The molecule has 2 amide bonds. The van der Waals surface area contributed by atoms with Crippen LogP contribution in [0, 0.1) is 0 Å². The first-order chi connectivity index (χ1) is 29.0. The normalized spacial score (nSPS) is 12.8. The number of amides is 2. The summed E-state index contributed by atoms with van der Waals surface area (Å²) < 4.78 is 6.07. The van der Waals surface area contributed by atoms with Crippen LogP contribution in [0.2, 0.25) is 0 Å². The molecule has 9 heteroatoms. The van der Waals surface area contributed by atoms with Gasteiger partial charge in [-0.3, -0.25) is 9.59 Å². The number of carbonyl (C=O) groups excluding carboxylic acids is 2. The van der Waals surface area contributed by atoms with Crippen LogP contribution in [0.15, 0.2) is 146 Å². The van der Waals surface area contributed by atoms with Gasteiger partial charge in [0.1, 0.15) is 11.5 Å². The van der Waals surface area contributed by atoms with Crippen LogP contribution in [0.5, 0.6) is 11.5 Å². The molecular weight excluding hydrogens is 733 g/mol. The average Bonchev–Trinajstić information content (AvgIpc) is 3.76. The van der Waals surface area contributed by atoms with E-state index in [1.807, 2.05) is 24.3 Å². The lowest BCUT2D eigenvalue weighted by molar-refractivity contribution is 0.101. The fourth-order valence-electron chi connectivity index (χ4n) is 8.65. The van der Waals surface area contributed by atoms with E-state index in [2.05, 4.69) is 59.2 Å². The molecule has 0 saturated carbocycles. The van der Waals surface area contributed by atoms with E-state index in [-0.39, 0.29) is 11.8 Å². The van der Waals surface area contributed by atoms with Gasteiger partial charge < -0.3 is 15.4 Å². The Labute approximate surface area is 337 Å². The third-order valence-electron chi connectivity index (χ3n) is 11.4. The summed E-state index contributed by atoms with van der Waals surface area (Å²) in [5, 5.41) is 8.28. The molecule has 0 saturated heterocycles. The van der Waals surface area contributed by atoms with Gasteiger partial charge in [-0.1, -0.05) is 60.7 Å². The van der Waals surface area contributed by atoms with Gasteiger partial charge in [0, 0.05) is 50.2 Å². The number of carbonyl (C=O) groups is 2. The molecule has 2 N–H and O–H groups in total. The molecule has 7 aromatic carbocycles. The van der Waals surface area contributed by atoms with Gasteiger partial charge in [0.2, 0.25) is 0 Å². The standard InChI is InChI=1S/C50H30N6O3/c57-49(29-13-23-39-41(25-29)55-47-37-11-3-7-27-5-1-9-35(43(27)37)45(47)53-39)51-31-15-19-33(20-16-31)59-34-21-17-32(18-22-34)52-50(58)30-14-24-40-42(26-30)56-48-38-12-4-8-28-6-2-10-36(44(28)38)46(48)54-40/h1,3-5,7-26H,2,6H2,(H,51,57)(H,52,58). The number of aromatic nitrogens is 4. The number of allylic oxidation sites excluding steroid dienone is 1. The molecule has 12 rings (SSSR count). The molecule has 0 aliphatic heterocycles. The lowest BCUT2D eigenvalue weighted by Crippen LogP contribution is -2.12. The third-order valence-corrected chi connectivity index (χ3v) is 11.4. The smallest absolute Gasteiger partial charge is 0.255 e. The molecule has 278 valence electrons. The van der Waals surface area contributed by atoms with Crippen molar-refractivity contribution >= 4 is 61.6 Å². The average molecular weight is 763 g/mol. The molecule has 0 radical (unpaired) electrons. The molecule has 59 heavy (non-hydrogen) atoms. The Kier molecular flexibility index (Phi) is 7.15. The summed E-state index contributed by atoms with van der Waals surface area (Å²) in [5.74, 6) is 0.693. The number of anilines is 2. The van der Waals surface area contributed by atoms with Crippen LogP contribution in [0.3, 0.4) is 0 Å². The highest BCUT2D eigenvalue weighted by atomic mass is 16.5. The zero-order valence-electron chi connectivity index (χ0n) is 31.3. The minimum absolute atomic E-state index is 0.245. The van der Waals surface area contributed by atoms with Crippen LogP contribution in [-0.2, 0) is 6.42 Å². The second-order valence-corrected chi connectivity index (χ2v) is 15.0. The first kappa shape index (κ1) is 33.1. The molecule has 0 fully saturated rings. The van der Waals surface area contributed by atoms with Crippen molar-refractivity contribution in [1.82, 2.24) is 19.9 Å². The van der Waals surface area contributed by atoms with Crippen LogP contribution in [0.25, 0.3) is 72.2 Å². The highest BCUT2D eigenvalue weighted by Gasteiger charge is 2.31. The van der Waals surface area contributed by atoms with Gasteiger partial charge in [0.05, 0.1) is 44.8 Å². The van der Waals surface area contributed by atoms with E-state index >= 15 is 0 Å². The van der Waals surface area contributed by atoms with Gasteiger partial charge in [-0.2, -0.15) is 0 Å². The Balaban J connectivity index is 0.705. The van der Waals surface area contributed by atoms with Crippen molar-refractivity contribution in [3.63, 3.8) is 0 Å². The molecular formula is C50H30N6O3. The van der Waals surface area contributed by atoms with Crippen molar-refractivity contribution < 1.29 is 14.3 Å². The topological polar surface area (TPSA) is 119 Å². The molecule has 0 atom stereocenters. The molecule has 9 aromatic rings. The van der Waals surface area contributed by atoms with E-state index in [1.54, 1.807) is 72.8 Å². The third kappa shape index (κ3) is 5.39. The van der Waals surface area contributed by atoms with Crippen molar-refractivity contribution in [2.24, 2.45) is 0 Å². The summed E-state index contributed by atoms with van der Waals surface area (Å²) in [6, 6.07) is 44.0. The Morgan fingerprint density at radius 3 is 1.61 bits per heavy atom. The first-order valence-corrected chi connectivity index (χ1v) is 19.5. The monoisotopic (exact) mass is 762 g/mol. The number of ether oxygens (including phenoxy) is 1. The molecule has 3 aliphatic carbocycles. The highest BCUT2D eigenvalue weighted by Crippen LogP contribution is 2.47. The van der Waals surface area contributed by atoms with Crippen LogP contribution >= 0.6 is 0 Å². The predicted molar refractivity (Wildman–Crippen MR) is 231 cm³/mol. The summed E-state index contributed by atoms with van der Waals surface area (Å²) in [6.45, 7) is 0. The van der Waals surface area contributed by atoms with Crippen LogP contribution in [0.4, 0.5) is 11.4 Å². The zero-order valence-corrected chi connectivity index (χ0v) is 31.3. The Morgan fingerprint density at radius 2 is 1.02 bits per heavy atom. The van der Waals surface area contributed by atoms with Crippen molar-refractivity contribution in [2.45, 2.75) is 12.8 Å². The van der Waals surface area contributed by atoms with E-state index in [4.69, 9.17) is 24.7 Å². The summed E-state index contributed by atoms with van der Waals surface area (Å²) >= 11 is 0. The molecule has 0 spiro atoms. The van der Waals surface area contributed by atoms with Gasteiger partial charge in [0.15, 0.2) is 0 Å². The molecule has 2 heterocycles. The van der Waals surface area contributed by atoms with Crippen molar-refractivity contribution in [3.8, 4) is 45.3 Å². The highest BCUT2D eigenvalue weighted by molar-refractivity contribution is 6.14. The van der Waals surface area contributed by atoms with Crippen LogP contribution < -0.4 is 15.4 Å². The molecule has 9 nitrogen and oxygen atoms in total. The van der Waals surface area contributed by atoms with Gasteiger partial charge in [-0.25, -0.2) is 19.9 Å². The number of benzene rings is 7. The Bertz CT molecular complexity index is 3330. The summed E-state index contributed by atoms with van der Waals surface area (Å²) in [5.41, 5.74) is 15.6. The van der Waals surface area contributed by atoms with Crippen molar-refractivity contribution in [3.05, 3.63) is 174 Å². The Hall–Kier alpha value is -8.04. The predicted octanol–water partition coefficient (Wildman–Crippen LogP) is 11.0. The van der Waals surface area contributed by atoms with Gasteiger partial charge in [0.25, 0.3) is 11.8 Å². The minimum Gasteiger partial charge on any atom is -0.457 e. The SMILES string of the molecule is O=C(Nc1ccc(Oc2ccc(NC(=O)c3ccc4nc5c(nc4c3)-c3cccc4cccc-5c34)cc2)cc1)c1ccc2nc3c(nc2c1)-c1cccc2c1C3=CCC2. The number of fused-ring (bicyclic) bond motifs is 8. The lowest BCUT2D eigenvalue weighted by Gasteiger charge is -2.13. The maximum absolute atomic E-state index is 13.3. The quantitative estimate of drug-likeness (QED) is 0.173. The van der Waals surface area contributed by atoms with E-state index in [0.29, 0.717) is 45.0 Å². The van der Waals surface area contributed by atoms with Gasteiger partial charge in [-0.05, 0) is 114 Å². The second kappa shape index (κ2) is 12.7. The van der Waals surface area contributed by atoms with Crippen LogP contribution in [0.1, 0.15) is 44.0 Å². The molecule has 0 unspecified atom stereocenters. The van der Waals surface area contributed by atoms with E-state index in [0.717, 1.165) is 74.1 Å². The van der Waals surface area contributed by atoms with Crippen molar-refractivity contribution in [1.29, 1.82) is 0 Å². The minimum atomic E-state index is -0.253. The van der Waals surface area contributed by atoms with E-state index in [9.17, 15) is 9.59 Å². The maximum atomic E-state index is 13.3. The van der Waals surface area contributed by atoms with Crippen molar-refractivity contribution in [2.75, 3.05) is 10.6 Å². The number of hydrogen-bond donors (Lipinski definition) is 2. The summed E-state index contributed by atoms with van der Waals surface area (Å²) in [6.07, 6.45) is 4.28. The fraction of sp³-hybridized carbons (Fsp3) is 0.0400. The summed E-state index contributed by atoms with van der Waals surface area (Å²) in [4.78, 5) is 46.6. The fourth-order valence-corrected chi connectivity index (χ4v) is 8.65.